The van der Waals surface area contributed by atoms with E-state index in [4.69, 9.17) is 4.74 Å². The molecule has 0 saturated heterocycles. The highest BCUT2D eigenvalue weighted by molar-refractivity contribution is 5.74. The minimum absolute atomic E-state index is 0.110. The molecule has 20 heavy (non-hydrogen) atoms. The predicted molar refractivity (Wildman–Crippen MR) is 72.2 cm³/mol. The van der Waals surface area contributed by atoms with Crippen LogP contribution in [0.15, 0.2) is 36.7 Å². The molecule has 0 N–H and O–H groups in total. The number of hydrogen-bond donors (Lipinski definition) is 0. The van der Waals surface area contributed by atoms with Crippen molar-refractivity contribution in [3.8, 4) is 11.5 Å². The predicted octanol–water partition coefficient (Wildman–Crippen LogP) is 3.16. The van der Waals surface area contributed by atoms with Crippen molar-refractivity contribution in [2.24, 2.45) is 0 Å². The standard InChI is InChI=1S/C14H12N2O4/c1-2-10-3-4-14(13(6-10)16(18)19)20-12-5-11(9-17)7-15-8-12/h3-9H,2H2,1H3. The SMILES string of the molecule is CCc1ccc(Oc2cncc(C=O)c2)c([N+](=O)[O-])c1. The molecule has 0 fully saturated rings. The summed E-state index contributed by atoms with van der Waals surface area (Å²) in [6, 6.07) is 6.26. The first-order valence-corrected chi connectivity index (χ1v) is 5.99. The maximum Gasteiger partial charge on any atom is 0.311 e. The highest BCUT2D eigenvalue weighted by Gasteiger charge is 2.16. The number of carbonyl (C=O) groups excluding carboxylic acids is 1. The lowest BCUT2D eigenvalue weighted by Crippen LogP contribution is -1.96. The lowest BCUT2D eigenvalue weighted by molar-refractivity contribution is -0.385. The zero-order chi connectivity index (χ0) is 14.5. The normalized spacial score (nSPS) is 10.1. The van der Waals surface area contributed by atoms with Crippen LogP contribution >= 0.6 is 0 Å². The van der Waals surface area contributed by atoms with Gasteiger partial charge in [-0.15, -0.1) is 0 Å². The molecule has 0 saturated carbocycles. The van der Waals surface area contributed by atoms with Gasteiger partial charge in [-0.25, -0.2) is 0 Å². The Morgan fingerprint density at radius 1 is 1.35 bits per heavy atom. The number of ether oxygens (including phenoxy) is 1. The lowest BCUT2D eigenvalue weighted by atomic mass is 10.1. The molecular weight excluding hydrogens is 260 g/mol. The average Bonchev–Trinajstić information content (AvgIpc) is 2.47. The second-order valence-electron chi connectivity index (χ2n) is 4.09. The van der Waals surface area contributed by atoms with Gasteiger partial charge in [-0.3, -0.25) is 19.9 Å². The molecule has 1 aromatic carbocycles. The van der Waals surface area contributed by atoms with E-state index in [1.54, 1.807) is 12.1 Å². The second-order valence-corrected chi connectivity index (χ2v) is 4.09. The van der Waals surface area contributed by atoms with Gasteiger partial charge in [-0.1, -0.05) is 13.0 Å². The quantitative estimate of drug-likeness (QED) is 0.474. The van der Waals surface area contributed by atoms with Crippen LogP contribution in [0.25, 0.3) is 0 Å². The molecule has 0 unspecified atom stereocenters. The number of nitro groups is 1. The Kier molecular flexibility index (Phi) is 4.05. The van der Waals surface area contributed by atoms with Crippen LogP contribution in [0.2, 0.25) is 0 Å². The molecule has 0 aliphatic rings. The van der Waals surface area contributed by atoms with Crippen LogP contribution in [-0.4, -0.2) is 16.2 Å². The summed E-state index contributed by atoms with van der Waals surface area (Å²) >= 11 is 0. The van der Waals surface area contributed by atoms with E-state index in [1.807, 2.05) is 6.92 Å². The van der Waals surface area contributed by atoms with Gasteiger partial charge in [0.05, 0.1) is 11.1 Å². The van der Waals surface area contributed by atoms with Crippen molar-refractivity contribution in [2.75, 3.05) is 0 Å². The van der Waals surface area contributed by atoms with Gasteiger partial charge in [0.2, 0.25) is 5.75 Å². The van der Waals surface area contributed by atoms with Gasteiger partial charge in [0.1, 0.15) is 5.75 Å². The number of aromatic nitrogens is 1. The summed E-state index contributed by atoms with van der Waals surface area (Å²) in [5.74, 6) is 0.402. The molecule has 2 aromatic rings. The van der Waals surface area contributed by atoms with E-state index in [2.05, 4.69) is 4.98 Å². The summed E-state index contributed by atoms with van der Waals surface area (Å²) in [4.78, 5) is 25.1. The number of benzene rings is 1. The van der Waals surface area contributed by atoms with E-state index >= 15 is 0 Å². The molecule has 0 bridgehead atoms. The molecule has 0 amide bonds. The molecule has 0 atom stereocenters. The zero-order valence-electron chi connectivity index (χ0n) is 10.8. The number of hydrogen-bond acceptors (Lipinski definition) is 5. The first kappa shape index (κ1) is 13.7. The summed E-state index contributed by atoms with van der Waals surface area (Å²) in [6.45, 7) is 1.91. The Balaban J connectivity index is 2.37. The van der Waals surface area contributed by atoms with Crippen molar-refractivity contribution in [1.29, 1.82) is 0 Å². The third-order valence-electron chi connectivity index (χ3n) is 2.73. The number of nitro benzene ring substituents is 1. The van der Waals surface area contributed by atoms with E-state index < -0.39 is 4.92 Å². The molecular formula is C14H12N2O4. The molecule has 1 aromatic heterocycles. The minimum Gasteiger partial charge on any atom is -0.448 e. The maximum absolute atomic E-state index is 11.1. The van der Waals surface area contributed by atoms with E-state index in [-0.39, 0.29) is 17.2 Å². The second kappa shape index (κ2) is 5.92. The van der Waals surface area contributed by atoms with E-state index in [1.165, 1.54) is 24.5 Å². The highest BCUT2D eigenvalue weighted by atomic mass is 16.6. The molecule has 0 radical (unpaired) electrons. The number of nitrogens with zero attached hydrogens (tertiary/aromatic N) is 2. The van der Waals surface area contributed by atoms with Crippen molar-refractivity contribution in [3.05, 3.63) is 57.9 Å². The topological polar surface area (TPSA) is 82.3 Å². The van der Waals surface area contributed by atoms with Crippen molar-refractivity contribution < 1.29 is 14.5 Å². The van der Waals surface area contributed by atoms with Crippen LogP contribution in [0, 0.1) is 10.1 Å². The summed E-state index contributed by atoms with van der Waals surface area (Å²) in [5, 5.41) is 11.1. The molecule has 0 aliphatic heterocycles. The van der Waals surface area contributed by atoms with E-state index in [0.717, 1.165) is 5.56 Å². The number of aldehydes is 1. The number of rotatable bonds is 5. The van der Waals surface area contributed by atoms with Gasteiger partial charge in [-0.2, -0.15) is 0 Å². The third-order valence-corrected chi connectivity index (χ3v) is 2.73. The lowest BCUT2D eigenvalue weighted by Gasteiger charge is -2.07. The van der Waals surface area contributed by atoms with Crippen LogP contribution in [0.5, 0.6) is 11.5 Å². The highest BCUT2D eigenvalue weighted by Crippen LogP contribution is 2.32. The first-order chi connectivity index (χ1) is 9.63. The minimum atomic E-state index is -0.495. The third kappa shape index (κ3) is 2.97. The van der Waals surface area contributed by atoms with Crippen molar-refractivity contribution >= 4 is 12.0 Å². The fourth-order valence-corrected chi connectivity index (χ4v) is 1.69. The van der Waals surface area contributed by atoms with E-state index in [0.29, 0.717) is 18.3 Å². The Morgan fingerprint density at radius 3 is 2.80 bits per heavy atom. The number of carbonyl (C=O) groups is 1. The molecule has 1 heterocycles. The Labute approximate surface area is 115 Å². The van der Waals surface area contributed by atoms with Crippen LogP contribution in [0.3, 0.4) is 0 Å². The van der Waals surface area contributed by atoms with Gasteiger partial charge in [0.15, 0.2) is 6.29 Å². The Hall–Kier alpha value is -2.76. The summed E-state index contributed by atoms with van der Waals surface area (Å²) in [5.41, 5.74) is 1.08. The van der Waals surface area contributed by atoms with Crippen LogP contribution < -0.4 is 4.74 Å². The van der Waals surface area contributed by atoms with Gasteiger partial charge in [0, 0.05) is 17.8 Å². The van der Waals surface area contributed by atoms with Crippen molar-refractivity contribution in [1.82, 2.24) is 4.98 Å². The largest absolute Gasteiger partial charge is 0.448 e. The molecule has 6 nitrogen and oxygen atoms in total. The number of pyridine rings is 1. The monoisotopic (exact) mass is 272 g/mol. The van der Waals surface area contributed by atoms with Crippen LogP contribution in [0.1, 0.15) is 22.8 Å². The van der Waals surface area contributed by atoms with Crippen molar-refractivity contribution in [2.45, 2.75) is 13.3 Å². The van der Waals surface area contributed by atoms with Gasteiger partial charge >= 0.3 is 5.69 Å². The Bertz CT molecular complexity index is 655. The van der Waals surface area contributed by atoms with Gasteiger partial charge < -0.3 is 4.74 Å². The fraction of sp³-hybridized carbons (Fsp3) is 0.143. The molecule has 0 spiro atoms. The maximum atomic E-state index is 11.1. The molecule has 6 heteroatoms. The van der Waals surface area contributed by atoms with Crippen LogP contribution in [-0.2, 0) is 6.42 Å². The molecule has 0 aliphatic carbocycles. The summed E-state index contributed by atoms with van der Waals surface area (Å²) in [6.07, 6.45) is 4.11. The first-order valence-electron chi connectivity index (χ1n) is 5.99. The summed E-state index contributed by atoms with van der Waals surface area (Å²) < 4.78 is 5.45. The smallest absolute Gasteiger partial charge is 0.311 e. The van der Waals surface area contributed by atoms with E-state index in [9.17, 15) is 14.9 Å². The fourth-order valence-electron chi connectivity index (χ4n) is 1.69. The van der Waals surface area contributed by atoms with Crippen molar-refractivity contribution in [3.63, 3.8) is 0 Å². The summed E-state index contributed by atoms with van der Waals surface area (Å²) in [7, 11) is 0. The van der Waals surface area contributed by atoms with Gasteiger partial charge in [-0.05, 0) is 24.1 Å². The van der Waals surface area contributed by atoms with Crippen LogP contribution in [0.4, 0.5) is 5.69 Å². The molecule has 2 rings (SSSR count). The zero-order valence-corrected chi connectivity index (χ0v) is 10.8. The van der Waals surface area contributed by atoms with Gasteiger partial charge in [0.25, 0.3) is 0 Å². The Morgan fingerprint density at radius 2 is 2.15 bits per heavy atom. The number of aryl methyl sites for hydroxylation is 1. The molecule has 102 valence electrons. The average molecular weight is 272 g/mol.